The first-order chi connectivity index (χ1) is 10.8. The van der Waals surface area contributed by atoms with Crippen molar-refractivity contribution in [3.05, 3.63) is 41.6 Å². The van der Waals surface area contributed by atoms with E-state index in [2.05, 4.69) is 0 Å². The zero-order valence-electron chi connectivity index (χ0n) is 13.0. The van der Waals surface area contributed by atoms with Gasteiger partial charge >= 0.3 is 0 Å². The number of amides is 1. The van der Waals surface area contributed by atoms with Crippen molar-refractivity contribution in [1.82, 2.24) is 9.47 Å². The van der Waals surface area contributed by atoms with E-state index in [1.165, 1.54) is 13.0 Å². The van der Waals surface area contributed by atoms with Crippen LogP contribution in [-0.2, 0) is 17.1 Å². The van der Waals surface area contributed by atoms with Gasteiger partial charge < -0.3 is 13.9 Å². The number of nitrogens with zero attached hydrogens (tertiary/aromatic N) is 2. The summed E-state index contributed by atoms with van der Waals surface area (Å²) in [5, 5.41) is 5.13. The van der Waals surface area contributed by atoms with Crippen LogP contribution in [0.15, 0.2) is 33.7 Å². The van der Waals surface area contributed by atoms with Crippen LogP contribution in [0.2, 0.25) is 0 Å². The van der Waals surface area contributed by atoms with E-state index in [1.54, 1.807) is 4.90 Å². The molecule has 1 atom stereocenters. The fraction of sp³-hybridized carbons (Fsp3) is 0.400. The third kappa shape index (κ3) is 2.79. The molecule has 3 rings (SSSR count). The molecule has 0 spiro atoms. The van der Waals surface area contributed by atoms with E-state index in [-0.39, 0.29) is 28.4 Å². The summed E-state index contributed by atoms with van der Waals surface area (Å²) >= 11 is 0. The molecule has 0 radical (unpaired) electrons. The van der Waals surface area contributed by atoms with Crippen molar-refractivity contribution in [2.24, 2.45) is 12.2 Å². The Balaban J connectivity index is 1.93. The van der Waals surface area contributed by atoms with E-state index in [0.29, 0.717) is 6.54 Å². The van der Waals surface area contributed by atoms with Gasteiger partial charge in [0.25, 0.3) is 5.91 Å². The maximum absolute atomic E-state index is 12.7. The summed E-state index contributed by atoms with van der Waals surface area (Å²) in [6.45, 7) is 2.09. The summed E-state index contributed by atoms with van der Waals surface area (Å²) in [4.78, 5) is 14.3. The van der Waals surface area contributed by atoms with Crippen LogP contribution in [0, 0.1) is 6.92 Å². The van der Waals surface area contributed by atoms with Crippen LogP contribution in [0.5, 0.6) is 0 Å². The van der Waals surface area contributed by atoms with Gasteiger partial charge in [0.2, 0.25) is 10.0 Å². The van der Waals surface area contributed by atoms with Crippen LogP contribution in [0.3, 0.4) is 0 Å². The van der Waals surface area contributed by atoms with Gasteiger partial charge in [0.1, 0.15) is 10.7 Å². The van der Waals surface area contributed by atoms with Crippen molar-refractivity contribution < 1.29 is 17.6 Å². The van der Waals surface area contributed by atoms with Crippen molar-refractivity contribution in [3.63, 3.8) is 0 Å². The number of sulfonamides is 1. The maximum Gasteiger partial charge on any atom is 0.290 e. The molecule has 0 bridgehead atoms. The summed E-state index contributed by atoms with van der Waals surface area (Å²) < 4.78 is 30.3. The molecule has 1 aliphatic rings. The molecule has 7 nitrogen and oxygen atoms in total. The van der Waals surface area contributed by atoms with Gasteiger partial charge in [-0.05, 0) is 31.9 Å². The summed E-state index contributed by atoms with van der Waals surface area (Å²) in [7, 11) is -1.96. The van der Waals surface area contributed by atoms with E-state index in [1.807, 2.05) is 29.9 Å². The lowest BCUT2D eigenvalue weighted by Crippen LogP contribution is -2.31. The first kappa shape index (κ1) is 15.8. The van der Waals surface area contributed by atoms with Crippen LogP contribution in [0.1, 0.15) is 40.9 Å². The van der Waals surface area contributed by atoms with Crippen LogP contribution in [0.25, 0.3) is 0 Å². The molecule has 0 aromatic carbocycles. The molecule has 0 saturated carbocycles. The first-order valence-electron chi connectivity index (χ1n) is 7.34. The zero-order valence-corrected chi connectivity index (χ0v) is 13.8. The second-order valence-corrected chi connectivity index (χ2v) is 7.31. The summed E-state index contributed by atoms with van der Waals surface area (Å²) in [6, 6.07) is 5.10. The van der Waals surface area contributed by atoms with E-state index >= 15 is 0 Å². The highest BCUT2D eigenvalue weighted by atomic mass is 32.2. The van der Waals surface area contributed by atoms with Crippen LogP contribution in [0.4, 0.5) is 0 Å². The molecule has 2 aromatic heterocycles. The molecule has 3 heterocycles. The standard InChI is InChI=1S/C15H19N3O4S/c1-10-14(23(16,20)21)9-13(22-10)15(19)18-8-4-6-12(18)11-5-3-7-17(11)2/h3,5,7,9,12H,4,6,8H2,1-2H3,(H2,16,20,21)/t12-/m0/s1. The molecule has 1 saturated heterocycles. The number of carbonyl (C=O) groups is 1. The van der Waals surface area contributed by atoms with E-state index in [4.69, 9.17) is 9.56 Å². The molecule has 1 fully saturated rings. The molecule has 0 aliphatic carbocycles. The van der Waals surface area contributed by atoms with Crippen molar-refractivity contribution in [3.8, 4) is 0 Å². The number of primary sulfonamides is 1. The van der Waals surface area contributed by atoms with Crippen LogP contribution < -0.4 is 5.14 Å². The topological polar surface area (TPSA) is 98.5 Å². The highest BCUT2D eigenvalue weighted by molar-refractivity contribution is 7.89. The lowest BCUT2D eigenvalue weighted by Gasteiger charge is -2.24. The fourth-order valence-electron chi connectivity index (χ4n) is 3.13. The molecule has 1 aliphatic heterocycles. The average Bonchev–Trinajstić information content (AvgIpc) is 3.15. The number of aromatic nitrogens is 1. The third-order valence-electron chi connectivity index (χ3n) is 4.23. The minimum atomic E-state index is -3.90. The van der Waals surface area contributed by atoms with Gasteiger partial charge in [-0.2, -0.15) is 0 Å². The summed E-state index contributed by atoms with van der Waals surface area (Å²) in [6.07, 6.45) is 3.70. The number of carbonyl (C=O) groups excluding carboxylic acids is 1. The van der Waals surface area contributed by atoms with Crippen molar-refractivity contribution >= 4 is 15.9 Å². The fourth-order valence-corrected chi connectivity index (χ4v) is 3.85. The van der Waals surface area contributed by atoms with Gasteiger partial charge in [-0.25, -0.2) is 13.6 Å². The van der Waals surface area contributed by atoms with Crippen LogP contribution in [-0.4, -0.2) is 30.3 Å². The number of nitrogens with two attached hydrogens (primary N) is 1. The highest BCUT2D eigenvalue weighted by Gasteiger charge is 2.34. The molecule has 8 heteroatoms. The first-order valence-corrected chi connectivity index (χ1v) is 8.89. The Bertz CT molecular complexity index is 850. The number of rotatable bonds is 3. The number of hydrogen-bond donors (Lipinski definition) is 1. The molecule has 23 heavy (non-hydrogen) atoms. The van der Waals surface area contributed by atoms with Gasteiger partial charge in [-0.3, -0.25) is 4.79 Å². The third-order valence-corrected chi connectivity index (χ3v) is 5.25. The zero-order chi connectivity index (χ0) is 16.8. The Morgan fingerprint density at radius 1 is 1.43 bits per heavy atom. The molecule has 0 unspecified atom stereocenters. The van der Waals surface area contributed by atoms with Gasteiger partial charge in [0, 0.05) is 31.5 Å². The summed E-state index contributed by atoms with van der Waals surface area (Å²) in [5.74, 6) is -0.176. The van der Waals surface area contributed by atoms with Gasteiger partial charge in [-0.1, -0.05) is 0 Å². The normalized spacial score (nSPS) is 18.6. The number of likely N-dealkylation sites (tertiary alicyclic amines) is 1. The lowest BCUT2D eigenvalue weighted by atomic mass is 10.1. The number of aryl methyl sites for hydroxylation is 2. The van der Waals surface area contributed by atoms with Gasteiger partial charge in [-0.15, -0.1) is 0 Å². The predicted octanol–water partition coefficient (Wildman–Crippen LogP) is 1.55. The molecule has 124 valence electrons. The molecule has 1 amide bonds. The molecular weight excluding hydrogens is 318 g/mol. The number of hydrogen-bond acceptors (Lipinski definition) is 4. The SMILES string of the molecule is Cc1oc(C(=O)N2CCC[C@H]2c2cccn2C)cc1S(N)(=O)=O. The smallest absolute Gasteiger partial charge is 0.290 e. The number of furan rings is 1. The average molecular weight is 337 g/mol. The van der Waals surface area contributed by atoms with Crippen LogP contribution >= 0.6 is 0 Å². The molecule has 2 aromatic rings. The van der Waals surface area contributed by atoms with Gasteiger partial charge in [0.15, 0.2) is 5.76 Å². The van der Waals surface area contributed by atoms with Crippen molar-refractivity contribution in [1.29, 1.82) is 0 Å². The van der Waals surface area contributed by atoms with Crippen molar-refractivity contribution in [2.75, 3.05) is 6.54 Å². The largest absolute Gasteiger partial charge is 0.455 e. The Kier molecular flexibility index (Phi) is 3.81. The summed E-state index contributed by atoms with van der Waals surface area (Å²) in [5.41, 5.74) is 1.05. The second-order valence-electron chi connectivity index (χ2n) is 5.78. The monoisotopic (exact) mass is 337 g/mol. The Morgan fingerprint density at radius 3 is 2.74 bits per heavy atom. The molecule has 2 N–H and O–H groups in total. The van der Waals surface area contributed by atoms with E-state index < -0.39 is 10.0 Å². The van der Waals surface area contributed by atoms with Crippen molar-refractivity contribution in [2.45, 2.75) is 30.7 Å². The Labute approximate surface area is 134 Å². The Hall–Kier alpha value is -2.06. The van der Waals surface area contributed by atoms with E-state index in [0.717, 1.165) is 18.5 Å². The minimum Gasteiger partial charge on any atom is -0.455 e. The second kappa shape index (κ2) is 5.54. The maximum atomic E-state index is 12.7. The lowest BCUT2D eigenvalue weighted by molar-refractivity contribution is 0.0697. The minimum absolute atomic E-state index is 0.00707. The van der Waals surface area contributed by atoms with Gasteiger partial charge in [0.05, 0.1) is 6.04 Å². The highest BCUT2D eigenvalue weighted by Crippen LogP contribution is 2.33. The Morgan fingerprint density at radius 2 is 2.17 bits per heavy atom. The molecular formula is C15H19N3O4S. The van der Waals surface area contributed by atoms with E-state index in [9.17, 15) is 13.2 Å². The quantitative estimate of drug-likeness (QED) is 0.918. The predicted molar refractivity (Wildman–Crippen MR) is 83.2 cm³/mol.